The molecule has 0 aliphatic heterocycles. The Kier molecular flexibility index (Phi) is 5.21. The fourth-order valence-corrected chi connectivity index (χ4v) is 2.51. The Balaban J connectivity index is 2.39. The smallest absolute Gasteiger partial charge is 0.454 e. The van der Waals surface area contributed by atoms with Gasteiger partial charge in [-0.15, -0.1) is 0 Å². The Morgan fingerprint density at radius 1 is 1.29 bits per heavy atom. The lowest BCUT2D eigenvalue weighted by molar-refractivity contribution is -0.167. The van der Waals surface area contributed by atoms with E-state index in [-0.39, 0.29) is 23.5 Å². The van der Waals surface area contributed by atoms with Crippen LogP contribution in [-0.2, 0) is 4.79 Å². The van der Waals surface area contributed by atoms with Gasteiger partial charge in [-0.1, -0.05) is 6.07 Å². The van der Waals surface area contributed by atoms with Crippen LogP contribution in [0.1, 0.15) is 31.7 Å². The van der Waals surface area contributed by atoms with Gasteiger partial charge in [0, 0.05) is 5.57 Å². The van der Waals surface area contributed by atoms with E-state index in [9.17, 15) is 28.2 Å². The highest BCUT2D eigenvalue weighted by molar-refractivity contribution is 6.00. The Labute approximate surface area is 136 Å². The summed E-state index contributed by atoms with van der Waals surface area (Å²) in [6.45, 7) is 2.08. The van der Waals surface area contributed by atoms with Crippen LogP contribution >= 0.6 is 0 Å². The summed E-state index contributed by atoms with van der Waals surface area (Å²) in [5, 5.41) is 19.7. The summed E-state index contributed by atoms with van der Waals surface area (Å²) >= 11 is 0. The second kappa shape index (κ2) is 6.98. The average Bonchev–Trinajstić information content (AvgIpc) is 2.51. The van der Waals surface area contributed by atoms with Crippen molar-refractivity contribution in [2.24, 2.45) is 0 Å². The van der Waals surface area contributed by atoms with E-state index in [2.05, 4.69) is 0 Å². The summed E-state index contributed by atoms with van der Waals surface area (Å²) in [4.78, 5) is 11.4. The highest BCUT2D eigenvalue weighted by atomic mass is 19.4. The SMILES string of the molecule is CCOc1cc(/C=C2/CCCC(C(=O)C(F)(F)F)=C2O)ccc1O. The topological polar surface area (TPSA) is 66.8 Å². The number of Topliss-reactive ketones (excluding diaryl/α,β-unsaturated/α-hetero) is 1. The van der Waals surface area contributed by atoms with Gasteiger partial charge < -0.3 is 14.9 Å². The van der Waals surface area contributed by atoms with Crippen molar-refractivity contribution in [1.29, 1.82) is 0 Å². The number of benzene rings is 1. The highest BCUT2D eigenvalue weighted by Crippen LogP contribution is 2.35. The van der Waals surface area contributed by atoms with Gasteiger partial charge in [-0.25, -0.2) is 0 Å². The van der Waals surface area contributed by atoms with Crippen molar-refractivity contribution >= 4 is 11.9 Å². The maximum atomic E-state index is 12.6. The molecule has 0 amide bonds. The third kappa shape index (κ3) is 3.90. The number of aromatic hydroxyl groups is 1. The molecule has 1 aromatic rings. The molecule has 130 valence electrons. The molecular formula is C17H17F3O4. The molecule has 1 aromatic carbocycles. The molecule has 0 fully saturated rings. The van der Waals surface area contributed by atoms with Gasteiger partial charge in [-0.2, -0.15) is 13.2 Å². The molecule has 0 saturated heterocycles. The lowest BCUT2D eigenvalue weighted by Crippen LogP contribution is -2.27. The van der Waals surface area contributed by atoms with Crippen molar-refractivity contribution in [2.75, 3.05) is 6.61 Å². The number of phenols is 1. The first-order valence-corrected chi connectivity index (χ1v) is 7.44. The molecule has 2 N–H and O–H groups in total. The molecule has 24 heavy (non-hydrogen) atoms. The number of hydrogen-bond donors (Lipinski definition) is 2. The molecule has 0 radical (unpaired) electrons. The third-order valence-corrected chi connectivity index (χ3v) is 3.62. The summed E-state index contributed by atoms with van der Waals surface area (Å²) in [7, 11) is 0. The van der Waals surface area contributed by atoms with Crippen molar-refractivity contribution < 1.29 is 32.9 Å². The minimum Gasteiger partial charge on any atom is -0.507 e. The molecule has 1 aliphatic carbocycles. The number of rotatable bonds is 4. The van der Waals surface area contributed by atoms with E-state index in [1.165, 1.54) is 24.3 Å². The van der Waals surface area contributed by atoms with Gasteiger partial charge in [-0.05, 0) is 55.5 Å². The van der Waals surface area contributed by atoms with Crippen LogP contribution in [-0.4, -0.2) is 28.8 Å². The largest absolute Gasteiger partial charge is 0.507 e. The molecule has 4 nitrogen and oxygen atoms in total. The molecule has 7 heteroatoms. The zero-order chi connectivity index (χ0) is 17.9. The fraction of sp³-hybridized carbons (Fsp3) is 0.353. The van der Waals surface area contributed by atoms with Gasteiger partial charge in [0.15, 0.2) is 11.5 Å². The molecule has 1 aliphatic rings. The normalized spacial score (nSPS) is 17.2. The van der Waals surface area contributed by atoms with Crippen LogP contribution in [0.4, 0.5) is 13.2 Å². The van der Waals surface area contributed by atoms with Crippen LogP contribution in [0.25, 0.3) is 6.08 Å². The second-order valence-electron chi connectivity index (χ2n) is 5.34. The van der Waals surface area contributed by atoms with Gasteiger partial charge in [0.05, 0.1) is 6.61 Å². The predicted octanol–water partition coefficient (Wildman–Crippen LogP) is 4.30. The van der Waals surface area contributed by atoms with Crippen LogP contribution in [0.3, 0.4) is 0 Å². The second-order valence-corrected chi connectivity index (χ2v) is 5.34. The Morgan fingerprint density at radius 3 is 2.62 bits per heavy atom. The van der Waals surface area contributed by atoms with E-state index < -0.39 is 23.3 Å². The minimum absolute atomic E-state index is 0.0599. The van der Waals surface area contributed by atoms with Crippen molar-refractivity contribution in [2.45, 2.75) is 32.4 Å². The number of halogens is 3. The van der Waals surface area contributed by atoms with Gasteiger partial charge in [0.2, 0.25) is 0 Å². The first-order valence-electron chi connectivity index (χ1n) is 7.44. The number of aliphatic hydroxyl groups excluding tert-OH is 1. The molecule has 0 atom stereocenters. The lowest BCUT2D eigenvalue weighted by atomic mass is 9.89. The summed E-state index contributed by atoms with van der Waals surface area (Å²) in [6.07, 6.45) is -2.94. The number of carbonyl (C=O) groups is 1. The number of hydrogen-bond acceptors (Lipinski definition) is 4. The molecule has 0 bridgehead atoms. The summed E-state index contributed by atoms with van der Waals surface area (Å²) in [6, 6.07) is 4.44. The van der Waals surface area contributed by atoms with Crippen molar-refractivity contribution in [1.82, 2.24) is 0 Å². The quantitative estimate of drug-likeness (QED) is 0.856. The molecular weight excluding hydrogens is 325 g/mol. The van der Waals surface area contributed by atoms with Crippen molar-refractivity contribution in [3.05, 3.63) is 40.7 Å². The molecule has 2 rings (SSSR count). The Bertz CT molecular complexity index is 702. The average molecular weight is 342 g/mol. The van der Waals surface area contributed by atoms with Gasteiger partial charge in [0.25, 0.3) is 5.78 Å². The molecule has 0 heterocycles. The maximum absolute atomic E-state index is 12.6. The molecule has 0 spiro atoms. The first kappa shape index (κ1) is 17.9. The van der Waals surface area contributed by atoms with Gasteiger partial charge in [0.1, 0.15) is 5.76 Å². The number of phenolic OH excluding ortho intramolecular Hbond substituents is 1. The zero-order valence-electron chi connectivity index (χ0n) is 13.0. The zero-order valence-corrected chi connectivity index (χ0v) is 13.0. The van der Waals surface area contributed by atoms with E-state index >= 15 is 0 Å². The van der Waals surface area contributed by atoms with E-state index in [4.69, 9.17) is 4.74 Å². The first-order chi connectivity index (χ1) is 11.2. The number of ketones is 1. The van der Waals surface area contributed by atoms with Crippen LogP contribution in [0.15, 0.2) is 35.1 Å². The third-order valence-electron chi connectivity index (χ3n) is 3.62. The van der Waals surface area contributed by atoms with E-state index in [0.29, 0.717) is 25.0 Å². The summed E-state index contributed by atoms with van der Waals surface area (Å²) in [5.41, 5.74) is 0.185. The monoisotopic (exact) mass is 342 g/mol. The number of ether oxygens (including phenoxy) is 1. The van der Waals surface area contributed by atoms with E-state index in [1.54, 1.807) is 6.92 Å². The van der Waals surface area contributed by atoms with Crippen molar-refractivity contribution in [3.63, 3.8) is 0 Å². The number of allylic oxidation sites excluding steroid dienone is 2. The highest BCUT2D eigenvalue weighted by Gasteiger charge is 2.42. The predicted molar refractivity (Wildman–Crippen MR) is 81.8 cm³/mol. The summed E-state index contributed by atoms with van der Waals surface area (Å²) < 4.78 is 43.0. The fourth-order valence-electron chi connectivity index (χ4n) is 2.51. The molecule has 0 unspecified atom stereocenters. The molecule has 0 saturated carbocycles. The van der Waals surface area contributed by atoms with E-state index in [1.807, 2.05) is 0 Å². The van der Waals surface area contributed by atoms with Crippen LogP contribution < -0.4 is 4.74 Å². The Morgan fingerprint density at radius 2 is 2.00 bits per heavy atom. The minimum atomic E-state index is -5.01. The van der Waals surface area contributed by atoms with Crippen LogP contribution in [0.5, 0.6) is 11.5 Å². The number of aliphatic hydroxyl groups is 1. The number of alkyl halides is 3. The van der Waals surface area contributed by atoms with Crippen molar-refractivity contribution in [3.8, 4) is 11.5 Å². The Hall–Kier alpha value is -2.44. The standard InChI is InChI=1S/C17H17F3O4/c1-2-24-14-9-10(6-7-13(14)21)8-11-4-3-5-12(15(11)22)16(23)17(18,19)20/h6-9,21-22H,2-5H2,1H3/b11-8-. The van der Waals surface area contributed by atoms with Gasteiger partial charge in [-0.3, -0.25) is 4.79 Å². The lowest BCUT2D eigenvalue weighted by Gasteiger charge is -2.19. The van der Waals surface area contributed by atoms with Gasteiger partial charge >= 0.3 is 6.18 Å². The van der Waals surface area contributed by atoms with Crippen LogP contribution in [0, 0.1) is 0 Å². The van der Waals surface area contributed by atoms with Crippen LogP contribution in [0.2, 0.25) is 0 Å². The number of carbonyl (C=O) groups excluding carboxylic acids is 1. The summed E-state index contributed by atoms with van der Waals surface area (Å²) in [5.74, 6) is -2.45. The maximum Gasteiger partial charge on any atom is 0.454 e. The molecule has 0 aromatic heterocycles. The van der Waals surface area contributed by atoms with E-state index in [0.717, 1.165) is 0 Å².